The number of benzene rings is 1. The molecule has 5 nitrogen and oxygen atoms in total. The molecule has 152 valence electrons. The fourth-order valence-electron chi connectivity index (χ4n) is 6.08. The van der Waals surface area contributed by atoms with Gasteiger partial charge in [-0.3, -0.25) is 15.4 Å². The molecular weight excluding hydrogens is 374 g/mol. The summed E-state index contributed by atoms with van der Waals surface area (Å²) in [5.41, 5.74) is 0.911. The molecule has 0 unspecified atom stereocenters. The Kier molecular flexibility index (Phi) is 5.41. The maximum absolute atomic E-state index is 12.6. The van der Waals surface area contributed by atoms with Gasteiger partial charge in [-0.15, -0.1) is 0 Å². The van der Waals surface area contributed by atoms with E-state index in [1.165, 1.54) is 19.3 Å². The van der Waals surface area contributed by atoms with Gasteiger partial charge < -0.3 is 5.32 Å². The molecule has 6 heteroatoms. The van der Waals surface area contributed by atoms with Crippen LogP contribution in [-0.4, -0.2) is 23.5 Å². The molecule has 0 heterocycles. The Morgan fingerprint density at radius 3 is 2.25 bits per heavy atom. The molecule has 3 N–H and O–H groups in total. The number of nitrogens with one attached hydrogen (secondary N) is 3. The van der Waals surface area contributed by atoms with E-state index in [0.29, 0.717) is 5.02 Å². The highest BCUT2D eigenvalue weighted by Gasteiger charge is 2.51. The first-order chi connectivity index (χ1) is 13.3. The number of carbonyl (C=O) groups excluding carboxylic acids is 2. The average Bonchev–Trinajstić information content (AvgIpc) is 2.59. The van der Waals surface area contributed by atoms with Crippen LogP contribution < -0.4 is 16.0 Å². The lowest BCUT2D eigenvalue weighted by molar-refractivity contribution is -0.121. The summed E-state index contributed by atoms with van der Waals surface area (Å²) in [6.07, 6.45) is 7.18. The molecule has 4 fully saturated rings. The Balaban J connectivity index is 1.30. The second kappa shape index (κ2) is 7.68. The van der Waals surface area contributed by atoms with Gasteiger partial charge in [-0.25, -0.2) is 4.79 Å². The smallest absolute Gasteiger partial charge is 0.321 e. The minimum absolute atomic E-state index is 0.0503. The third-order valence-corrected chi connectivity index (χ3v) is 7.13. The molecule has 1 aromatic rings. The Hall–Kier alpha value is -1.59. The van der Waals surface area contributed by atoms with Crippen LogP contribution in [0.2, 0.25) is 5.02 Å². The lowest BCUT2D eigenvalue weighted by Gasteiger charge is -2.56. The Morgan fingerprint density at radius 1 is 1.07 bits per heavy atom. The van der Waals surface area contributed by atoms with Gasteiger partial charge in [-0.2, -0.15) is 0 Å². The first-order valence-corrected chi connectivity index (χ1v) is 10.8. The van der Waals surface area contributed by atoms with Gasteiger partial charge in [0.2, 0.25) is 5.91 Å². The largest absolute Gasteiger partial charge is 0.332 e. The Labute approximate surface area is 172 Å². The van der Waals surface area contributed by atoms with E-state index in [9.17, 15) is 9.59 Å². The lowest BCUT2D eigenvalue weighted by atomic mass is 9.53. The van der Waals surface area contributed by atoms with Gasteiger partial charge in [0.1, 0.15) is 0 Å². The van der Waals surface area contributed by atoms with Gasteiger partial charge in [-0.1, -0.05) is 23.7 Å². The molecular formula is C22H30ClN3O2. The van der Waals surface area contributed by atoms with E-state index in [0.717, 1.165) is 42.6 Å². The standard InChI is InChI=1S/C22H30ClN3O2/c1-13(18-4-3-5-19(23)9-18)24-14(2)20(27)25-21(28)26-22-10-15-6-16(11-22)8-17(7-15)12-22/h3-5,9,13-17,24H,6-8,10-12H2,1-2H3,(H2,25,26,27,28)/t13-,14+,15?,16?,17?,22?/m1/s1. The van der Waals surface area contributed by atoms with Gasteiger partial charge in [0, 0.05) is 16.6 Å². The van der Waals surface area contributed by atoms with Crippen molar-refractivity contribution >= 4 is 23.5 Å². The summed E-state index contributed by atoms with van der Waals surface area (Å²) >= 11 is 6.04. The van der Waals surface area contributed by atoms with Crippen LogP contribution in [0.5, 0.6) is 0 Å². The summed E-state index contributed by atoms with van der Waals surface area (Å²) in [4.78, 5) is 25.1. The van der Waals surface area contributed by atoms with Crippen LogP contribution in [0.4, 0.5) is 4.79 Å². The molecule has 1 aromatic carbocycles. The zero-order valence-corrected chi connectivity index (χ0v) is 17.4. The van der Waals surface area contributed by atoms with E-state index in [2.05, 4.69) is 16.0 Å². The monoisotopic (exact) mass is 403 g/mol. The summed E-state index contributed by atoms with van der Waals surface area (Å²) in [5, 5.41) is 9.63. The number of imide groups is 1. The van der Waals surface area contributed by atoms with Crippen molar-refractivity contribution in [2.24, 2.45) is 17.8 Å². The van der Waals surface area contributed by atoms with Gasteiger partial charge in [-0.05, 0) is 87.8 Å². The molecule has 4 bridgehead atoms. The van der Waals surface area contributed by atoms with Crippen LogP contribution in [0.15, 0.2) is 24.3 Å². The molecule has 3 amide bonds. The molecule has 0 aromatic heterocycles. The van der Waals surface area contributed by atoms with Gasteiger partial charge >= 0.3 is 6.03 Å². The maximum atomic E-state index is 12.6. The van der Waals surface area contributed by atoms with Gasteiger partial charge in [0.15, 0.2) is 0 Å². The number of halogens is 1. The van der Waals surface area contributed by atoms with Crippen LogP contribution in [0.1, 0.15) is 64.0 Å². The van der Waals surface area contributed by atoms with E-state index >= 15 is 0 Å². The molecule has 4 aliphatic carbocycles. The highest BCUT2D eigenvalue weighted by molar-refractivity contribution is 6.30. The van der Waals surface area contributed by atoms with Crippen molar-refractivity contribution in [3.8, 4) is 0 Å². The number of rotatable bonds is 5. The number of urea groups is 1. The van der Waals surface area contributed by atoms with Crippen molar-refractivity contribution in [2.45, 2.75) is 70.0 Å². The summed E-state index contributed by atoms with van der Waals surface area (Å²) in [6.45, 7) is 3.75. The molecule has 28 heavy (non-hydrogen) atoms. The maximum Gasteiger partial charge on any atom is 0.321 e. The van der Waals surface area contributed by atoms with E-state index in [4.69, 9.17) is 11.6 Å². The Bertz CT molecular complexity index is 731. The Morgan fingerprint density at radius 2 is 1.68 bits per heavy atom. The van der Waals surface area contributed by atoms with E-state index in [1.54, 1.807) is 6.92 Å². The SMILES string of the molecule is C[C@H](N[C@H](C)c1cccc(Cl)c1)C(=O)NC(=O)NC12CC3CC(CC(C3)C1)C2. The number of hydrogen-bond acceptors (Lipinski definition) is 3. The van der Waals surface area contributed by atoms with Crippen molar-refractivity contribution in [1.82, 2.24) is 16.0 Å². The highest BCUT2D eigenvalue weighted by Crippen LogP contribution is 2.55. The fraction of sp³-hybridized carbons (Fsp3) is 0.636. The zero-order chi connectivity index (χ0) is 19.9. The van der Waals surface area contributed by atoms with Crippen molar-refractivity contribution in [3.05, 3.63) is 34.9 Å². The van der Waals surface area contributed by atoms with E-state index < -0.39 is 6.04 Å². The van der Waals surface area contributed by atoms with Crippen molar-refractivity contribution < 1.29 is 9.59 Å². The first-order valence-electron chi connectivity index (χ1n) is 10.5. The van der Waals surface area contributed by atoms with Crippen LogP contribution in [0, 0.1) is 17.8 Å². The predicted molar refractivity (Wildman–Crippen MR) is 110 cm³/mol. The minimum atomic E-state index is -0.490. The molecule has 0 radical (unpaired) electrons. The second-order valence-electron chi connectivity index (χ2n) is 9.31. The molecule has 4 aliphatic rings. The second-order valence-corrected chi connectivity index (χ2v) is 9.74. The lowest BCUT2D eigenvalue weighted by Crippen LogP contribution is -2.62. The predicted octanol–water partition coefficient (Wildman–Crippen LogP) is 4.17. The molecule has 2 atom stereocenters. The summed E-state index contributed by atoms with van der Waals surface area (Å²) in [6, 6.07) is 6.66. The topological polar surface area (TPSA) is 70.2 Å². The summed E-state index contributed by atoms with van der Waals surface area (Å²) < 4.78 is 0. The third kappa shape index (κ3) is 4.20. The zero-order valence-electron chi connectivity index (χ0n) is 16.6. The first kappa shape index (κ1) is 19.7. The fourth-order valence-corrected chi connectivity index (χ4v) is 6.28. The average molecular weight is 404 g/mol. The van der Waals surface area contributed by atoms with Gasteiger partial charge in [0.25, 0.3) is 0 Å². The van der Waals surface area contributed by atoms with Crippen LogP contribution in [-0.2, 0) is 4.79 Å². The van der Waals surface area contributed by atoms with Crippen molar-refractivity contribution in [1.29, 1.82) is 0 Å². The quantitative estimate of drug-likeness (QED) is 0.690. The molecule has 0 saturated heterocycles. The van der Waals surface area contributed by atoms with Crippen LogP contribution >= 0.6 is 11.6 Å². The molecule has 4 saturated carbocycles. The minimum Gasteiger partial charge on any atom is -0.332 e. The summed E-state index contributed by atoms with van der Waals surface area (Å²) in [5.74, 6) is 1.94. The van der Waals surface area contributed by atoms with Crippen molar-refractivity contribution in [3.63, 3.8) is 0 Å². The highest BCUT2D eigenvalue weighted by atomic mass is 35.5. The van der Waals surface area contributed by atoms with Crippen molar-refractivity contribution in [2.75, 3.05) is 0 Å². The van der Waals surface area contributed by atoms with Gasteiger partial charge in [0.05, 0.1) is 6.04 Å². The normalized spacial score (nSPS) is 32.6. The van der Waals surface area contributed by atoms with E-state index in [1.807, 2.05) is 31.2 Å². The number of amides is 3. The molecule has 0 spiro atoms. The molecule has 5 rings (SSSR count). The third-order valence-electron chi connectivity index (χ3n) is 6.90. The number of hydrogen-bond donors (Lipinski definition) is 3. The van der Waals surface area contributed by atoms with Crippen LogP contribution in [0.3, 0.4) is 0 Å². The summed E-state index contributed by atoms with van der Waals surface area (Å²) in [7, 11) is 0. The molecule has 0 aliphatic heterocycles. The van der Waals surface area contributed by atoms with E-state index in [-0.39, 0.29) is 23.5 Å². The van der Waals surface area contributed by atoms with Crippen LogP contribution in [0.25, 0.3) is 0 Å². The number of carbonyl (C=O) groups is 2.